The largest absolute Gasteiger partial charge is 0.303 e. The minimum absolute atomic E-state index is 1.19. The Hall–Kier alpha value is 0.102. The van der Waals surface area contributed by atoms with Crippen LogP contribution in [0.4, 0.5) is 0 Å². The van der Waals surface area contributed by atoms with Gasteiger partial charge in [0.25, 0.3) is 0 Å². The Balaban J connectivity index is 2.61. The van der Waals surface area contributed by atoms with Gasteiger partial charge in [-0.1, -0.05) is 30.3 Å². The Morgan fingerprint density at radius 2 is 1.89 bits per heavy atom. The van der Waals surface area contributed by atoms with Crippen LogP contribution in [0.25, 0.3) is 0 Å². The average Bonchev–Trinajstić information content (AvgIpc) is 1.91. The van der Waals surface area contributed by atoms with Crippen LogP contribution in [0, 0.1) is 0 Å². The van der Waals surface area contributed by atoms with E-state index in [9.17, 15) is 0 Å². The first-order valence-corrected chi connectivity index (χ1v) is 6.80. The van der Waals surface area contributed by atoms with Gasteiger partial charge in [0, 0.05) is 0 Å². The van der Waals surface area contributed by atoms with E-state index in [0.29, 0.717) is 0 Å². The summed E-state index contributed by atoms with van der Waals surface area (Å²) in [6.07, 6.45) is 0. The zero-order chi connectivity index (χ0) is 6.53. The van der Waals surface area contributed by atoms with Crippen molar-refractivity contribution in [2.45, 2.75) is 5.75 Å². The smallest absolute Gasteiger partial charge is 0.263 e. The van der Waals surface area contributed by atoms with Crippen LogP contribution in [-0.2, 0) is 5.75 Å². The lowest BCUT2D eigenvalue weighted by Gasteiger charge is -1.94. The first-order chi connectivity index (χ1) is 4.43. The molecule has 9 heavy (non-hydrogen) atoms. The first-order valence-electron chi connectivity index (χ1n) is 2.96. The van der Waals surface area contributed by atoms with E-state index in [0.717, 1.165) is 0 Å². The van der Waals surface area contributed by atoms with E-state index in [2.05, 4.69) is 30.3 Å². The third kappa shape index (κ3) is 2.45. The van der Waals surface area contributed by atoms with Crippen molar-refractivity contribution < 1.29 is 0 Å². The molecule has 0 spiro atoms. The SMILES string of the molecule is [AlH2][S]Cc1ccccc1. The monoisotopic (exact) mass is 152 g/mol. The predicted octanol–water partition coefficient (Wildman–Crippen LogP) is 1.47. The van der Waals surface area contributed by atoms with Crippen LogP contribution < -0.4 is 0 Å². The summed E-state index contributed by atoms with van der Waals surface area (Å²) in [5, 5.41) is 0. The lowest BCUT2D eigenvalue weighted by molar-refractivity contribution is 1.43. The Morgan fingerprint density at radius 1 is 1.22 bits per heavy atom. The topological polar surface area (TPSA) is 0 Å². The van der Waals surface area contributed by atoms with Crippen LogP contribution in [-0.4, -0.2) is 15.2 Å². The van der Waals surface area contributed by atoms with Gasteiger partial charge in [0.2, 0.25) is 0 Å². The zero-order valence-corrected chi connectivity index (χ0v) is 8.32. The quantitative estimate of drug-likeness (QED) is 0.578. The molecule has 2 heteroatoms. The summed E-state index contributed by atoms with van der Waals surface area (Å²) < 4.78 is 0. The fourth-order valence-corrected chi connectivity index (χ4v) is 2.27. The third-order valence-electron chi connectivity index (χ3n) is 1.15. The number of rotatable bonds is 2. The van der Waals surface area contributed by atoms with Gasteiger partial charge in [-0.05, 0) is 11.3 Å². The molecule has 0 nitrogen and oxygen atoms in total. The highest BCUT2D eigenvalue weighted by Crippen LogP contribution is 2.06. The van der Waals surface area contributed by atoms with E-state index in [1.54, 1.807) is 0 Å². The van der Waals surface area contributed by atoms with E-state index in [-0.39, 0.29) is 0 Å². The molecule has 1 aromatic rings. The van der Waals surface area contributed by atoms with E-state index in [4.69, 9.17) is 0 Å². The highest BCUT2D eigenvalue weighted by Gasteiger charge is 1.84. The molecular weight excluding hydrogens is 143 g/mol. The molecule has 0 amide bonds. The summed E-state index contributed by atoms with van der Waals surface area (Å²) in [6.45, 7) is 0. The van der Waals surface area contributed by atoms with Crippen LogP contribution in [0.15, 0.2) is 30.3 Å². The highest BCUT2D eigenvalue weighted by molar-refractivity contribution is 8.19. The van der Waals surface area contributed by atoms with Gasteiger partial charge in [-0.15, -0.1) is 0 Å². The predicted molar refractivity (Wildman–Crippen MR) is 46.3 cm³/mol. The lowest BCUT2D eigenvalue weighted by Crippen LogP contribution is -1.75. The summed E-state index contributed by atoms with van der Waals surface area (Å²) in [5.41, 5.74) is 1.44. The summed E-state index contributed by atoms with van der Waals surface area (Å²) in [6, 6.07) is 10.6. The van der Waals surface area contributed by atoms with Crippen molar-refractivity contribution in [2.24, 2.45) is 0 Å². The van der Waals surface area contributed by atoms with Crippen molar-refractivity contribution in [3.63, 3.8) is 0 Å². The van der Waals surface area contributed by atoms with Gasteiger partial charge in [-0.25, -0.2) is 0 Å². The van der Waals surface area contributed by atoms with Crippen LogP contribution in [0.1, 0.15) is 5.56 Å². The Labute approximate surface area is 67.1 Å². The Bertz CT molecular complexity index is 162. The first kappa shape index (κ1) is 7.21. The average molecular weight is 152 g/mol. The minimum atomic E-state index is 1.19. The van der Waals surface area contributed by atoms with Crippen LogP contribution in [0.3, 0.4) is 0 Å². The number of hydrogen-bond acceptors (Lipinski definition) is 1. The van der Waals surface area contributed by atoms with Crippen LogP contribution in [0.5, 0.6) is 0 Å². The zero-order valence-electron chi connectivity index (χ0n) is 5.50. The van der Waals surface area contributed by atoms with Gasteiger partial charge in [0.15, 0.2) is 0 Å². The summed E-state index contributed by atoms with van der Waals surface area (Å²) in [7, 11) is 1.99. The number of hydrogen-bond donors (Lipinski definition) is 0. The Morgan fingerprint density at radius 3 is 2.44 bits per heavy atom. The summed E-state index contributed by atoms with van der Waals surface area (Å²) in [5.74, 6) is 1.19. The van der Waals surface area contributed by atoms with Crippen molar-refractivity contribution in [3.05, 3.63) is 35.9 Å². The molecule has 0 saturated carbocycles. The standard InChI is InChI=1S/C7H8S.Al.2H/c8-6-7-4-2-1-3-5-7;;;/h1-5,8H,6H2;;;/q;+1;;/p-1. The van der Waals surface area contributed by atoms with Crippen molar-refractivity contribution >= 4 is 25.3 Å². The van der Waals surface area contributed by atoms with Crippen LogP contribution >= 0.6 is 10.1 Å². The third-order valence-corrected chi connectivity index (χ3v) is 2.64. The molecule has 0 heterocycles. The lowest BCUT2D eigenvalue weighted by atomic mass is 10.2. The van der Waals surface area contributed by atoms with E-state index < -0.39 is 0 Å². The maximum Gasteiger partial charge on any atom is 0.303 e. The van der Waals surface area contributed by atoms with Crippen molar-refractivity contribution in [1.82, 2.24) is 0 Å². The van der Waals surface area contributed by atoms with Gasteiger partial charge in [0.05, 0.1) is 0 Å². The van der Waals surface area contributed by atoms with Gasteiger partial charge in [-0.3, -0.25) is 10.1 Å². The second-order valence-corrected chi connectivity index (χ2v) is 4.52. The number of benzene rings is 1. The molecule has 0 unspecified atom stereocenters. The normalized spacial score (nSPS) is 9.33. The maximum atomic E-state index is 2.17. The molecule has 0 aliphatic carbocycles. The molecule has 0 saturated heterocycles. The Kier molecular flexibility index (Phi) is 3.21. The van der Waals surface area contributed by atoms with E-state index in [1.165, 1.54) is 26.5 Å². The second kappa shape index (κ2) is 4.00. The van der Waals surface area contributed by atoms with Gasteiger partial charge in [0.1, 0.15) is 0 Å². The second-order valence-electron chi connectivity index (χ2n) is 1.92. The fourth-order valence-electron chi connectivity index (χ4n) is 0.741. The van der Waals surface area contributed by atoms with Crippen molar-refractivity contribution in [1.29, 1.82) is 0 Å². The van der Waals surface area contributed by atoms with Crippen LogP contribution in [0.2, 0.25) is 0 Å². The fraction of sp³-hybridized carbons (Fsp3) is 0.143. The van der Waals surface area contributed by atoms with Crippen molar-refractivity contribution in [2.75, 3.05) is 0 Å². The van der Waals surface area contributed by atoms with Gasteiger partial charge in [-0.2, -0.15) is 0 Å². The summed E-state index contributed by atoms with van der Waals surface area (Å²) in [4.78, 5) is 0. The van der Waals surface area contributed by atoms with Crippen molar-refractivity contribution in [3.8, 4) is 0 Å². The molecule has 0 radical (unpaired) electrons. The molecule has 0 aromatic heterocycles. The molecule has 0 atom stereocenters. The summed E-state index contributed by atoms with van der Waals surface area (Å²) >= 11 is 1.24. The molecule has 0 bridgehead atoms. The molecule has 46 valence electrons. The molecule has 0 aliphatic heterocycles. The van der Waals surface area contributed by atoms with E-state index >= 15 is 0 Å². The molecule has 1 rings (SSSR count). The molecule has 0 N–H and O–H groups in total. The molecule has 0 fully saturated rings. The van der Waals surface area contributed by atoms with Gasteiger partial charge < -0.3 is 0 Å². The van der Waals surface area contributed by atoms with Gasteiger partial charge >= 0.3 is 15.2 Å². The minimum Gasteiger partial charge on any atom is -0.263 e. The molecule has 0 aliphatic rings. The maximum absolute atomic E-state index is 2.17. The highest BCUT2D eigenvalue weighted by atomic mass is 32.3. The van der Waals surface area contributed by atoms with E-state index in [1.807, 2.05) is 10.1 Å². The molecule has 1 aromatic carbocycles. The molecular formula is C7H9AlS.